The van der Waals surface area contributed by atoms with Crippen molar-refractivity contribution in [3.05, 3.63) is 0 Å². The van der Waals surface area contributed by atoms with E-state index in [9.17, 15) is 0 Å². The second-order valence-electron chi connectivity index (χ2n) is 8.20. The monoisotopic (exact) mass is 320 g/mol. The average Bonchev–Trinajstić information content (AvgIpc) is 2.95. The summed E-state index contributed by atoms with van der Waals surface area (Å²) >= 11 is 0. The quantitative estimate of drug-likeness (QED) is 0.641. The van der Waals surface area contributed by atoms with Gasteiger partial charge in [0.05, 0.1) is 0 Å². The Kier molecular flexibility index (Phi) is 5.84. The molecular formula is C19H36N4. The van der Waals surface area contributed by atoms with Crippen molar-refractivity contribution >= 4 is 5.96 Å². The Labute approximate surface area is 142 Å². The van der Waals surface area contributed by atoms with E-state index in [4.69, 9.17) is 4.99 Å². The number of hydrogen-bond acceptors (Lipinski definition) is 2. The van der Waals surface area contributed by atoms with Crippen LogP contribution in [0.4, 0.5) is 0 Å². The Hall–Kier alpha value is -0.770. The fourth-order valence-electron chi connectivity index (χ4n) is 4.89. The lowest BCUT2D eigenvalue weighted by atomic mass is 9.73. The molecule has 0 aromatic carbocycles. The van der Waals surface area contributed by atoms with Gasteiger partial charge in [-0.3, -0.25) is 4.99 Å². The minimum atomic E-state index is 0.611. The fraction of sp³-hybridized carbons (Fsp3) is 0.947. The van der Waals surface area contributed by atoms with Gasteiger partial charge in [0.1, 0.15) is 0 Å². The van der Waals surface area contributed by atoms with Gasteiger partial charge in [-0.25, -0.2) is 0 Å². The third-order valence-electron chi connectivity index (χ3n) is 6.21. The molecule has 4 nitrogen and oxygen atoms in total. The van der Waals surface area contributed by atoms with E-state index in [1.807, 2.05) is 0 Å². The van der Waals surface area contributed by atoms with Crippen LogP contribution in [0.15, 0.2) is 4.99 Å². The molecule has 4 heteroatoms. The van der Waals surface area contributed by atoms with E-state index < -0.39 is 0 Å². The van der Waals surface area contributed by atoms with Gasteiger partial charge in [-0.05, 0) is 64.0 Å². The van der Waals surface area contributed by atoms with E-state index >= 15 is 0 Å². The molecule has 1 spiro atoms. The molecule has 0 radical (unpaired) electrons. The molecule has 1 unspecified atom stereocenters. The zero-order valence-electron chi connectivity index (χ0n) is 15.3. The summed E-state index contributed by atoms with van der Waals surface area (Å²) in [6.07, 6.45) is 11.3. The van der Waals surface area contributed by atoms with Crippen LogP contribution in [-0.2, 0) is 0 Å². The molecule has 23 heavy (non-hydrogen) atoms. The number of likely N-dealkylation sites (tertiary alicyclic amines) is 2. The topological polar surface area (TPSA) is 30.9 Å². The van der Waals surface area contributed by atoms with E-state index in [0.717, 1.165) is 19.0 Å². The molecule has 2 aliphatic heterocycles. The largest absolute Gasteiger partial charge is 0.357 e. The number of piperidine rings is 1. The highest BCUT2D eigenvalue weighted by Gasteiger charge is 2.39. The van der Waals surface area contributed by atoms with Crippen LogP contribution in [-0.4, -0.2) is 62.1 Å². The first-order valence-corrected chi connectivity index (χ1v) is 9.93. The first kappa shape index (κ1) is 17.1. The maximum absolute atomic E-state index is 5.04. The zero-order valence-corrected chi connectivity index (χ0v) is 15.3. The number of guanidine groups is 1. The minimum absolute atomic E-state index is 0.611. The SMILES string of the molecule is CCNC(=NCC1CCCN(C)C1)N1CCC2(CCCCC2)C1. The van der Waals surface area contributed by atoms with Crippen LogP contribution in [0.2, 0.25) is 0 Å². The third-order valence-corrected chi connectivity index (χ3v) is 6.21. The number of nitrogens with one attached hydrogen (secondary N) is 1. The summed E-state index contributed by atoms with van der Waals surface area (Å²) in [5.74, 6) is 1.93. The Morgan fingerprint density at radius 2 is 1.96 bits per heavy atom. The van der Waals surface area contributed by atoms with Gasteiger partial charge in [0.15, 0.2) is 5.96 Å². The van der Waals surface area contributed by atoms with Crippen LogP contribution < -0.4 is 5.32 Å². The van der Waals surface area contributed by atoms with Crippen LogP contribution in [0.25, 0.3) is 0 Å². The molecule has 0 aromatic rings. The van der Waals surface area contributed by atoms with E-state index in [2.05, 4.69) is 29.1 Å². The highest BCUT2D eigenvalue weighted by Crippen LogP contribution is 2.43. The first-order chi connectivity index (χ1) is 11.2. The Balaban J connectivity index is 1.58. The van der Waals surface area contributed by atoms with Crippen molar-refractivity contribution in [1.29, 1.82) is 0 Å². The van der Waals surface area contributed by atoms with Gasteiger partial charge >= 0.3 is 0 Å². The van der Waals surface area contributed by atoms with Crippen molar-refractivity contribution in [1.82, 2.24) is 15.1 Å². The molecule has 1 N–H and O–H groups in total. The third kappa shape index (κ3) is 4.40. The molecule has 1 saturated carbocycles. The second kappa shape index (κ2) is 7.87. The lowest BCUT2D eigenvalue weighted by Crippen LogP contribution is -2.42. The van der Waals surface area contributed by atoms with Gasteiger partial charge in [0.2, 0.25) is 0 Å². The summed E-state index contributed by atoms with van der Waals surface area (Å²) in [5.41, 5.74) is 0.611. The smallest absolute Gasteiger partial charge is 0.193 e. The van der Waals surface area contributed by atoms with Crippen molar-refractivity contribution in [2.75, 3.05) is 46.3 Å². The summed E-state index contributed by atoms with van der Waals surface area (Å²) in [4.78, 5) is 10.1. The molecule has 3 rings (SSSR count). The molecule has 2 saturated heterocycles. The summed E-state index contributed by atoms with van der Waals surface area (Å²) in [6.45, 7) is 9.08. The van der Waals surface area contributed by atoms with Crippen molar-refractivity contribution < 1.29 is 0 Å². The Morgan fingerprint density at radius 1 is 1.13 bits per heavy atom. The van der Waals surface area contributed by atoms with E-state index in [1.165, 1.54) is 83.5 Å². The van der Waals surface area contributed by atoms with E-state index in [1.54, 1.807) is 0 Å². The Morgan fingerprint density at radius 3 is 2.70 bits per heavy atom. The molecular weight excluding hydrogens is 284 g/mol. The normalized spacial score (nSPS) is 29.2. The zero-order chi connectivity index (χ0) is 16.1. The summed E-state index contributed by atoms with van der Waals surface area (Å²) < 4.78 is 0. The molecule has 0 amide bonds. The number of hydrogen-bond donors (Lipinski definition) is 1. The maximum Gasteiger partial charge on any atom is 0.193 e. The van der Waals surface area contributed by atoms with Crippen LogP contribution in [0.1, 0.15) is 58.3 Å². The summed E-state index contributed by atoms with van der Waals surface area (Å²) in [5, 5.41) is 3.56. The maximum atomic E-state index is 5.04. The van der Waals surface area contributed by atoms with Gasteiger partial charge in [-0.1, -0.05) is 19.3 Å². The van der Waals surface area contributed by atoms with Crippen LogP contribution >= 0.6 is 0 Å². The average molecular weight is 321 g/mol. The van der Waals surface area contributed by atoms with Crippen molar-refractivity contribution in [2.45, 2.75) is 58.3 Å². The van der Waals surface area contributed by atoms with Gasteiger partial charge in [0.25, 0.3) is 0 Å². The number of nitrogens with zero attached hydrogens (tertiary/aromatic N) is 3. The highest BCUT2D eigenvalue weighted by atomic mass is 15.3. The predicted molar refractivity (Wildman–Crippen MR) is 97.9 cm³/mol. The lowest BCUT2D eigenvalue weighted by molar-refractivity contribution is 0.202. The highest BCUT2D eigenvalue weighted by molar-refractivity contribution is 5.80. The van der Waals surface area contributed by atoms with Gasteiger partial charge in [-0.2, -0.15) is 0 Å². The summed E-state index contributed by atoms with van der Waals surface area (Å²) in [7, 11) is 2.24. The molecule has 0 aromatic heterocycles. The van der Waals surface area contributed by atoms with Crippen LogP contribution in [0.5, 0.6) is 0 Å². The van der Waals surface area contributed by atoms with E-state index in [-0.39, 0.29) is 0 Å². The second-order valence-corrected chi connectivity index (χ2v) is 8.20. The van der Waals surface area contributed by atoms with Crippen LogP contribution in [0, 0.1) is 11.3 Å². The van der Waals surface area contributed by atoms with Crippen molar-refractivity contribution in [2.24, 2.45) is 16.3 Å². The molecule has 1 aliphatic carbocycles. The number of rotatable bonds is 3. The fourth-order valence-corrected chi connectivity index (χ4v) is 4.89. The number of aliphatic imine (C=N–C) groups is 1. The molecule has 2 heterocycles. The Bertz CT molecular complexity index is 400. The molecule has 0 bridgehead atoms. The molecule has 132 valence electrons. The van der Waals surface area contributed by atoms with E-state index in [0.29, 0.717) is 5.41 Å². The first-order valence-electron chi connectivity index (χ1n) is 9.93. The molecule has 1 atom stereocenters. The predicted octanol–water partition coefficient (Wildman–Crippen LogP) is 2.95. The lowest BCUT2D eigenvalue weighted by Gasteiger charge is -2.34. The standard InChI is InChI=1S/C19H36N4/c1-3-20-18(21-14-17-8-7-12-22(2)15-17)23-13-11-19(16-23)9-5-4-6-10-19/h17H,3-16H2,1-2H3,(H,20,21). The molecule has 3 fully saturated rings. The van der Waals surface area contributed by atoms with Gasteiger partial charge < -0.3 is 15.1 Å². The van der Waals surface area contributed by atoms with Gasteiger partial charge in [0, 0.05) is 32.7 Å². The van der Waals surface area contributed by atoms with Gasteiger partial charge in [-0.15, -0.1) is 0 Å². The van der Waals surface area contributed by atoms with Crippen LogP contribution in [0.3, 0.4) is 0 Å². The van der Waals surface area contributed by atoms with Crippen molar-refractivity contribution in [3.63, 3.8) is 0 Å². The minimum Gasteiger partial charge on any atom is -0.357 e. The van der Waals surface area contributed by atoms with Crippen molar-refractivity contribution in [3.8, 4) is 0 Å². The molecule has 3 aliphatic rings. The summed E-state index contributed by atoms with van der Waals surface area (Å²) in [6, 6.07) is 0.